The van der Waals surface area contributed by atoms with E-state index >= 15 is 0 Å². The molecular formula is C29H26F5N3O3. The lowest BCUT2D eigenvalue weighted by Crippen LogP contribution is -2.36. The van der Waals surface area contributed by atoms with Gasteiger partial charge in [0.1, 0.15) is 5.75 Å². The molecule has 4 rings (SSSR count). The number of amides is 1. The molecule has 0 saturated carbocycles. The van der Waals surface area contributed by atoms with Crippen molar-refractivity contribution in [1.82, 2.24) is 4.98 Å². The number of anilines is 1. The maximum atomic E-state index is 14.1. The zero-order valence-electron chi connectivity index (χ0n) is 22.0. The van der Waals surface area contributed by atoms with Crippen LogP contribution >= 0.6 is 0 Å². The second-order valence-corrected chi connectivity index (χ2v) is 9.36. The zero-order valence-corrected chi connectivity index (χ0v) is 22.0. The molecule has 0 atom stereocenters. The molecule has 0 radical (unpaired) electrons. The van der Waals surface area contributed by atoms with Crippen LogP contribution in [-0.2, 0) is 5.92 Å². The molecule has 40 heavy (non-hydrogen) atoms. The minimum Gasteiger partial charge on any atom is -0.710 e. The Kier molecular flexibility index (Phi) is 7.60. The van der Waals surface area contributed by atoms with Gasteiger partial charge < -0.3 is 15.3 Å². The molecule has 1 heterocycles. The largest absolute Gasteiger partial charge is 0.710 e. The van der Waals surface area contributed by atoms with Crippen LogP contribution in [-0.4, -0.2) is 17.3 Å². The summed E-state index contributed by atoms with van der Waals surface area (Å²) in [5.74, 6) is -4.49. The average Bonchev–Trinajstić information content (AvgIpc) is 3.17. The summed E-state index contributed by atoms with van der Waals surface area (Å²) in [5, 5.41) is 15.8. The maximum Gasteiger partial charge on any atom is 0.573 e. The van der Waals surface area contributed by atoms with Gasteiger partial charge in [0.25, 0.3) is 17.7 Å². The number of aryl methyl sites for hydroxylation is 3. The highest BCUT2D eigenvalue weighted by Crippen LogP contribution is 2.39. The monoisotopic (exact) mass is 559 g/mol. The number of imidazole rings is 1. The van der Waals surface area contributed by atoms with Crippen molar-refractivity contribution in [2.24, 2.45) is 0 Å². The second kappa shape index (κ2) is 10.6. The number of ether oxygens (including phenoxy) is 1. The number of benzene rings is 3. The van der Waals surface area contributed by atoms with Crippen LogP contribution in [0, 0.1) is 26.0 Å². The molecule has 210 valence electrons. The highest BCUT2D eigenvalue weighted by atomic mass is 19.4. The SMILES string of the molecule is CCC(F)(F)c1cccc(NC(=O)c2c(C)[nH]c(-c3ccc(OC(F)(F)F)c(-c4c(C)cccc4C)c3)[n+]2[O-])c1. The standard InChI is InChI=1S/C29H26F5N3O3/c1-5-28(30,31)20-10-7-11-21(15-20)36-27(38)25-18(4)35-26(37(25)39)19-12-13-23(40-29(32,33)34)22(14-19)24-16(2)8-6-9-17(24)3/h6-15,35H,5H2,1-4H3,(H,36,38). The van der Waals surface area contributed by atoms with Crippen molar-refractivity contribution in [3.8, 4) is 28.3 Å². The molecule has 0 saturated heterocycles. The lowest BCUT2D eigenvalue weighted by atomic mass is 9.93. The van der Waals surface area contributed by atoms with Crippen LogP contribution < -0.4 is 14.8 Å². The van der Waals surface area contributed by atoms with Gasteiger partial charge in [-0.1, -0.05) is 37.3 Å². The smallest absolute Gasteiger partial charge is 0.573 e. The highest BCUT2D eigenvalue weighted by molar-refractivity contribution is 6.02. The van der Waals surface area contributed by atoms with E-state index in [9.17, 15) is 32.0 Å². The van der Waals surface area contributed by atoms with Crippen molar-refractivity contribution in [2.75, 3.05) is 5.32 Å². The Morgan fingerprint density at radius 1 is 0.975 bits per heavy atom. The number of alkyl halides is 5. The second-order valence-electron chi connectivity index (χ2n) is 9.36. The fourth-order valence-electron chi connectivity index (χ4n) is 4.55. The third kappa shape index (κ3) is 5.78. The van der Waals surface area contributed by atoms with E-state index in [1.165, 1.54) is 44.2 Å². The molecule has 0 unspecified atom stereocenters. The fourth-order valence-corrected chi connectivity index (χ4v) is 4.55. The Morgan fingerprint density at radius 2 is 1.62 bits per heavy atom. The number of halogens is 5. The van der Waals surface area contributed by atoms with E-state index < -0.39 is 30.4 Å². The van der Waals surface area contributed by atoms with Crippen molar-refractivity contribution in [3.05, 3.63) is 93.9 Å². The maximum absolute atomic E-state index is 14.1. The Labute approximate surface area is 227 Å². The Balaban J connectivity index is 1.75. The van der Waals surface area contributed by atoms with E-state index in [4.69, 9.17) is 0 Å². The topological polar surface area (TPSA) is 81.1 Å². The van der Waals surface area contributed by atoms with Crippen molar-refractivity contribution in [2.45, 2.75) is 46.4 Å². The van der Waals surface area contributed by atoms with Crippen LogP contribution in [0.4, 0.5) is 27.6 Å². The fraction of sp³-hybridized carbons (Fsp3) is 0.241. The van der Waals surface area contributed by atoms with Gasteiger partial charge in [-0.2, -0.15) is 0 Å². The molecule has 0 fully saturated rings. The first-order valence-electron chi connectivity index (χ1n) is 12.3. The Bertz CT molecular complexity index is 1560. The van der Waals surface area contributed by atoms with E-state index in [1.54, 1.807) is 32.0 Å². The minimum absolute atomic E-state index is 0.0729. The van der Waals surface area contributed by atoms with Crippen LogP contribution in [0.1, 0.15) is 46.2 Å². The number of rotatable bonds is 7. The van der Waals surface area contributed by atoms with E-state index in [1.807, 2.05) is 0 Å². The predicted molar refractivity (Wildman–Crippen MR) is 140 cm³/mol. The van der Waals surface area contributed by atoms with E-state index in [0.29, 0.717) is 21.4 Å². The first kappa shape index (κ1) is 28.6. The van der Waals surface area contributed by atoms with Crippen LogP contribution in [0.2, 0.25) is 0 Å². The molecule has 0 aliphatic carbocycles. The normalized spacial score (nSPS) is 11.9. The third-order valence-corrected chi connectivity index (χ3v) is 6.50. The summed E-state index contributed by atoms with van der Waals surface area (Å²) in [6.07, 6.45) is -5.37. The number of hydrogen-bond acceptors (Lipinski definition) is 3. The summed E-state index contributed by atoms with van der Waals surface area (Å²) in [7, 11) is 0. The number of nitrogens with zero attached hydrogens (tertiary/aromatic N) is 1. The van der Waals surface area contributed by atoms with Crippen LogP contribution in [0.3, 0.4) is 0 Å². The lowest BCUT2D eigenvalue weighted by molar-refractivity contribution is -0.594. The summed E-state index contributed by atoms with van der Waals surface area (Å²) in [4.78, 5) is 15.9. The average molecular weight is 560 g/mol. The Morgan fingerprint density at radius 3 is 2.25 bits per heavy atom. The van der Waals surface area contributed by atoms with Crippen LogP contribution in [0.5, 0.6) is 5.75 Å². The molecule has 0 spiro atoms. The van der Waals surface area contributed by atoms with Gasteiger partial charge in [-0.15, -0.1) is 13.2 Å². The molecule has 1 amide bonds. The highest BCUT2D eigenvalue weighted by Gasteiger charge is 2.34. The quantitative estimate of drug-likeness (QED) is 0.139. The van der Waals surface area contributed by atoms with Crippen molar-refractivity contribution in [3.63, 3.8) is 0 Å². The van der Waals surface area contributed by atoms with Crippen LogP contribution in [0.15, 0.2) is 60.7 Å². The van der Waals surface area contributed by atoms with Crippen LogP contribution in [0.25, 0.3) is 22.5 Å². The van der Waals surface area contributed by atoms with Gasteiger partial charge in [0, 0.05) is 30.2 Å². The summed E-state index contributed by atoms with van der Waals surface area (Å²) in [6, 6.07) is 14.2. The number of hydrogen-bond donors (Lipinski definition) is 2. The van der Waals surface area contributed by atoms with E-state index in [0.717, 1.165) is 12.1 Å². The molecule has 3 aromatic carbocycles. The summed E-state index contributed by atoms with van der Waals surface area (Å²) < 4.78 is 72.4. The van der Waals surface area contributed by atoms with Gasteiger partial charge >= 0.3 is 6.36 Å². The number of nitrogens with one attached hydrogen (secondary N) is 2. The van der Waals surface area contributed by atoms with Gasteiger partial charge in [0.2, 0.25) is 5.69 Å². The molecule has 11 heteroatoms. The predicted octanol–water partition coefficient (Wildman–Crippen LogP) is 7.56. The first-order chi connectivity index (χ1) is 18.7. The molecular weight excluding hydrogens is 533 g/mol. The summed E-state index contributed by atoms with van der Waals surface area (Å²) >= 11 is 0. The third-order valence-electron chi connectivity index (χ3n) is 6.50. The molecule has 2 N–H and O–H groups in total. The number of aromatic amines is 1. The van der Waals surface area contributed by atoms with Gasteiger partial charge in [-0.05, 0) is 60.9 Å². The lowest BCUT2D eigenvalue weighted by Gasteiger charge is -2.17. The minimum atomic E-state index is -4.95. The molecule has 6 nitrogen and oxygen atoms in total. The first-order valence-corrected chi connectivity index (χ1v) is 12.3. The number of carbonyl (C=O) groups is 1. The van der Waals surface area contributed by atoms with Crippen molar-refractivity contribution < 1.29 is 36.2 Å². The van der Waals surface area contributed by atoms with E-state index in [-0.39, 0.29) is 39.6 Å². The van der Waals surface area contributed by atoms with Crippen molar-refractivity contribution >= 4 is 11.6 Å². The molecule has 0 aliphatic rings. The van der Waals surface area contributed by atoms with Gasteiger partial charge in [0.15, 0.2) is 5.69 Å². The number of H-pyrrole nitrogens is 1. The summed E-state index contributed by atoms with van der Waals surface area (Å²) in [6.45, 7) is 6.30. The number of carbonyl (C=O) groups excluding carboxylic acids is 1. The molecule has 1 aromatic heterocycles. The van der Waals surface area contributed by atoms with Gasteiger partial charge in [-0.25, -0.2) is 18.5 Å². The number of aromatic nitrogens is 2. The molecule has 4 aromatic rings. The summed E-state index contributed by atoms with van der Waals surface area (Å²) in [5.41, 5.74) is 1.83. The molecule has 0 aliphatic heterocycles. The zero-order chi connectivity index (χ0) is 29.4. The molecule has 0 bridgehead atoms. The van der Waals surface area contributed by atoms with Crippen molar-refractivity contribution in [1.29, 1.82) is 0 Å². The van der Waals surface area contributed by atoms with Gasteiger partial charge in [-0.3, -0.25) is 4.79 Å². The van der Waals surface area contributed by atoms with Gasteiger partial charge in [0.05, 0.1) is 5.56 Å². The van der Waals surface area contributed by atoms with E-state index in [2.05, 4.69) is 15.0 Å². The Hall–Kier alpha value is -4.41.